The molecule has 1 aromatic heterocycles. The summed E-state index contributed by atoms with van der Waals surface area (Å²) in [7, 11) is 0. The van der Waals surface area contributed by atoms with Crippen molar-refractivity contribution in [1.29, 1.82) is 0 Å². The number of amides is 2. The summed E-state index contributed by atoms with van der Waals surface area (Å²) in [5.41, 5.74) is 5.06. The highest BCUT2D eigenvalue weighted by molar-refractivity contribution is 5.99. The van der Waals surface area contributed by atoms with Gasteiger partial charge < -0.3 is 10.2 Å². The molecule has 3 heterocycles. The van der Waals surface area contributed by atoms with Gasteiger partial charge in [0.05, 0.1) is 23.7 Å². The number of carbonyl (C=O) groups is 2. The Hall–Kier alpha value is -4.37. The predicted octanol–water partition coefficient (Wildman–Crippen LogP) is 5.08. The van der Waals surface area contributed by atoms with Crippen molar-refractivity contribution in [3.8, 4) is 11.3 Å². The van der Waals surface area contributed by atoms with E-state index in [0.29, 0.717) is 44.0 Å². The molecule has 2 aliphatic rings. The summed E-state index contributed by atoms with van der Waals surface area (Å²) in [4.78, 5) is 29.9. The maximum atomic E-state index is 13.4. The Labute approximate surface area is 230 Å². The number of nitrogens with one attached hydrogen (secondary N) is 2. The standard InChI is InChI=1S/C31H29F2N5O2/c32-24-5-1-20(2-6-24)21-12-15-38(16-13-21)29(39)19-37-14-11-23(18-37)31(40)34-26-9-10-28-27(17-26)30(36-35-28)22-3-7-25(33)8-4-22/h1-10,12,17,23H,11,13-16,18-19H2,(H,34,40)(H,35,36)/t23-/m1/s1. The summed E-state index contributed by atoms with van der Waals surface area (Å²) in [6, 6.07) is 18.1. The molecule has 6 rings (SSSR count). The summed E-state index contributed by atoms with van der Waals surface area (Å²) in [6.45, 7) is 2.64. The Kier molecular flexibility index (Phi) is 7.13. The van der Waals surface area contributed by atoms with E-state index in [4.69, 9.17) is 0 Å². The maximum Gasteiger partial charge on any atom is 0.237 e. The molecule has 0 radical (unpaired) electrons. The third kappa shape index (κ3) is 5.51. The van der Waals surface area contributed by atoms with Gasteiger partial charge in [-0.2, -0.15) is 5.10 Å². The molecule has 0 aliphatic carbocycles. The number of anilines is 1. The van der Waals surface area contributed by atoms with Gasteiger partial charge in [-0.25, -0.2) is 8.78 Å². The molecule has 0 unspecified atom stereocenters. The van der Waals surface area contributed by atoms with Crippen molar-refractivity contribution in [3.05, 3.63) is 90.0 Å². The Morgan fingerprint density at radius 2 is 1.68 bits per heavy atom. The van der Waals surface area contributed by atoms with Gasteiger partial charge in [-0.05, 0) is 85.1 Å². The van der Waals surface area contributed by atoms with Crippen LogP contribution < -0.4 is 5.32 Å². The topological polar surface area (TPSA) is 81.3 Å². The first kappa shape index (κ1) is 25.9. The summed E-state index contributed by atoms with van der Waals surface area (Å²) in [5, 5.41) is 11.2. The van der Waals surface area contributed by atoms with Crippen LogP contribution >= 0.6 is 0 Å². The Balaban J connectivity index is 1.04. The van der Waals surface area contributed by atoms with E-state index in [-0.39, 0.29) is 35.9 Å². The quantitative estimate of drug-likeness (QED) is 0.357. The van der Waals surface area contributed by atoms with E-state index in [0.717, 1.165) is 34.0 Å². The first-order valence-electron chi connectivity index (χ1n) is 13.4. The van der Waals surface area contributed by atoms with Gasteiger partial charge in [-0.3, -0.25) is 19.6 Å². The largest absolute Gasteiger partial charge is 0.338 e. The van der Waals surface area contributed by atoms with Crippen molar-refractivity contribution >= 4 is 34.0 Å². The summed E-state index contributed by atoms with van der Waals surface area (Å²) in [6.07, 6.45) is 3.45. The van der Waals surface area contributed by atoms with Crippen molar-refractivity contribution in [2.75, 3.05) is 38.0 Å². The van der Waals surface area contributed by atoms with Crippen molar-refractivity contribution in [2.24, 2.45) is 5.92 Å². The molecule has 4 aromatic rings. The minimum Gasteiger partial charge on any atom is -0.338 e. The van der Waals surface area contributed by atoms with Crippen LogP contribution in [0.15, 0.2) is 72.8 Å². The van der Waals surface area contributed by atoms with Crippen molar-refractivity contribution in [2.45, 2.75) is 12.8 Å². The number of likely N-dealkylation sites (tertiary alicyclic amines) is 1. The molecule has 7 nitrogen and oxygen atoms in total. The number of benzene rings is 3. The molecule has 40 heavy (non-hydrogen) atoms. The Bertz CT molecular complexity index is 1580. The van der Waals surface area contributed by atoms with Crippen LogP contribution in [0.1, 0.15) is 18.4 Å². The van der Waals surface area contributed by atoms with Gasteiger partial charge in [0.15, 0.2) is 0 Å². The maximum absolute atomic E-state index is 13.4. The van der Waals surface area contributed by atoms with Crippen LogP contribution in [0.4, 0.5) is 14.5 Å². The van der Waals surface area contributed by atoms with Crippen molar-refractivity contribution < 1.29 is 18.4 Å². The molecule has 204 valence electrons. The highest BCUT2D eigenvalue weighted by Gasteiger charge is 2.30. The molecule has 0 bridgehead atoms. The van der Waals surface area contributed by atoms with E-state index < -0.39 is 0 Å². The van der Waals surface area contributed by atoms with E-state index >= 15 is 0 Å². The summed E-state index contributed by atoms with van der Waals surface area (Å²) < 4.78 is 26.6. The molecule has 1 saturated heterocycles. The van der Waals surface area contributed by atoms with Crippen LogP contribution in [-0.2, 0) is 9.59 Å². The summed E-state index contributed by atoms with van der Waals surface area (Å²) >= 11 is 0. The third-order valence-corrected chi connectivity index (χ3v) is 7.73. The highest BCUT2D eigenvalue weighted by Crippen LogP contribution is 2.29. The number of carbonyl (C=O) groups excluding carboxylic acids is 2. The van der Waals surface area contributed by atoms with Crippen LogP contribution in [0.5, 0.6) is 0 Å². The number of rotatable bonds is 6. The minimum atomic E-state index is -0.312. The first-order valence-corrected chi connectivity index (χ1v) is 13.4. The highest BCUT2D eigenvalue weighted by atomic mass is 19.1. The first-order chi connectivity index (χ1) is 19.4. The number of halogens is 2. The zero-order valence-corrected chi connectivity index (χ0v) is 21.9. The second kappa shape index (κ2) is 11.0. The molecule has 1 atom stereocenters. The lowest BCUT2D eigenvalue weighted by atomic mass is 9.99. The van der Waals surface area contributed by atoms with Gasteiger partial charge in [-0.15, -0.1) is 0 Å². The van der Waals surface area contributed by atoms with Crippen LogP contribution in [0.2, 0.25) is 0 Å². The number of hydrogen-bond acceptors (Lipinski definition) is 4. The van der Waals surface area contributed by atoms with Crippen molar-refractivity contribution in [3.63, 3.8) is 0 Å². The zero-order chi connectivity index (χ0) is 27.6. The lowest BCUT2D eigenvalue weighted by Gasteiger charge is -2.28. The van der Waals surface area contributed by atoms with E-state index in [9.17, 15) is 18.4 Å². The smallest absolute Gasteiger partial charge is 0.237 e. The Morgan fingerprint density at radius 1 is 0.950 bits per heavy atom. The molecule has 0 spiro atoms. The predicted molar refractivity (Wildman–Crippen MR) is 150 cm³/mol. The van der Waals surface area contributed by atoms with Gasteiger partial charge in [0.2, 0.25) is 11.8 Å². The van der Waals surface area contributed by atoms with Gasteiger partial charge in [0, 0.05) is 36.3 Å². The average Bonchev–Trinajstić information content (AvgIpc) is 3.61. The van der Waals surface area contributed by atoms with E-state index in [1.54, 1.807) is 24.3 Å². The average molecular weight is 542 g/mol. The number of hydrogen-bond donors (Lipinski definition) is 2. The SMILES string of the molecule is O=C(Nc1ccc2[nH]nc(-c3ccc(F)cc3)c2c1)[C@@H]1CCN(CC(=O)N2CC=C(c3ccc(F)cc3)CC2)C1. The molecule has 2 amide bonds. The molecular weight excluding hydrogens is 512 g/mol. The van der Waals surface area contributed by atoms with Crippen LogP contribution in [0.3, 0.4) is 0 Å². The van der Waals surface area contributed by atoms with Gasteiger partial charge in [-0.1, -0.05) is 18.2 Å². The fourth-order valence-corrected chi connectivity index (χ4v) is 5.47. The second-order valence-electron chi connectivity index (χ2n) is 10.4. The monoisotopic (exact) mass is 541 g/mol. The number of H-pyrrole nitrogens is 1. The zero-order valence-electron chi connectivity index (χ0n) is 21.9. The third-order valence-electron chi connectivity index (χ3n) is 7.73. The fraction of sp³-hybridized carbons (Fsp3) is 0.258. The fourth-order valence-electron chi connectivity index (χ4n) is 5.47. The molecule has 0 saturated carbocycles. The number of aromatic nitrogens is 2. The molecule has 2 aliphatic heterocycles. The lowest BCUT2D eigenvalue weighted by molar-refractivity contribution is -0.132. The number of nitrogens with zero attached hydrogens (tertiary/aromatic N) is 3. The molecule has 2 N–H and O–H groups in total. The normalized spacial score (nSPS) is 17.7. The van der Waals surface area contributed by atoms with Crippen LogP contribution in [0, 0.1) is 17.6 Å². The van der Waals surface area contributed by atoms with Crippen LogP contribution in [0.25, 0.3) is 27.7 Å². The van der Waals surface area contributed by atoms with E-state index in [1.165, 1.54) is 24.3 Å². The number of fused-ring (bicyclic) bond motifs is 1. The number of aromatic amines is 1. The molecular formula is C31H29F2N5O2. The summed E-state index contributed by atoms with van der Waals surface area (Å²) in [5.74, 6) is -0.812. The van der Waals surface area contributed by atoms with E-state index in [1.807, 2.05) is 34.1 Å². The Morgan fingerprint density at radius 3 is 2.38 bits per heavy atom. The molecule has 3 aromatic carbocycles. The minimum absolute atomic E-state index is 0.0502. The van der Waals surface area contributed by atoms with Crippen molar-refractivity contribution in [1.82, 2.24) is 20.0 Å². The molecule has 9 heteroatoms. The van der Waals surface area contributed by atoms with Gasteiger partial charge >= 0.3 is 0 Å². The lowest BCUT2D eigenvalue weighted by Crippen LogP contribution is -2.41. The van der Waals surface area contributed by atoms with Crippen LogP contribution in [-0.4, -0.2) is 64.5 Å². The second-order valence-corrected chi connectivity index (χ2v) is 10.4. The van der Waals surface area contributed by atoms with E-state index in [2.05, 4.69) is 15.5 Å². The molecule has 1 fully saturated rings. The van der Waals surface area contributed by atoms with Gasteiger partial charge in [0.25, 0.3) is 0 Å². The van der Waals surface area contributed by atoms with Gasteiger partial charge in [0.1, 0.15) is 11.6 Å².